The molecule has 0 fully saturated rings. The Bertz CT molecular complexity index is 2100. The molecule has 8 aromatic carbocycles. The Kier molecular flexibility index (Phi) is 22.3. The molecule has 10 heteroatoms. The molecule has 316 valence electrons. The summed E-state index contributed by atoms with van der Waals surface area (Å²) in [4.78, 5) is 0. The van der Waals surface area contributed by atoms with Crippen LogP contribution in [-0.2, 0) is 42.1 Å². The van der Waals surface area contributed by atoms with Crippen molar-refractivity contribution in [3.63, 3.8) is 0 Å². The van der Waals surface area contributed by atoms with Gasteiger partial charge in [0.1, 0.15) is 0 Å². The third-order valence-corrected chi connectivity index (χ3v) is 9.30. The van der Waals surface area contributed by atoms with Crippen LogP contribution in [0.5, 0.6) is 0 Å². The summed E-state index contributed by atoms with van der Waals surface area (Å²) in [5.74, 6) is 0. The van der Waals surface area contributed by atoms with Crippen molar-refractivity contribution in [2.24, 2.45) is 0 Å². The molecule has 0 atom stereocenters. The largest absolute Gasteiger partial charge is 0.364 e. The number of benzene rings is 8. The van der Waals surface area contributed by atoms with E-state index in [1.807, 2.05) is 170 Å². The summed E-state index contributed by atoms with van der Waals surface area (Å²) < 4.78 is 0. The van der Waals surface area contributed by atoms with E-state index in [9.17, 15) is 40.9 Å². The van der Waals surface area contributed by atoms with E-state index >= 15 is 0 Å². The molecule has 62 heavy (non-hydrogen) atoms. The summed E-state index contributed by atoms with van der Waals surface area (Å²) >= 11 is 0. The predicted octanol–water partition coefficient (Wildman–Crippen LogP) is 9.34. The van der Waals surface area contributed by atoms with E-state index in [0.717, 1.165) is 44.5 Å². The standard InChI is InChI=1S/4C13H12O2.2Mo/c4*14-13(15)12-9-5-4-8-11(12)10-6-2-1-3-7-10;;/h4*1-9,13-15H;;. The van der Waals surface area contributed by atoms with E-state index in [2.05, 4.69) is 0 Å². The second-order valence-electron chi connectivity index (χ2n) is 13.3. The fourth-order valence-corrected chi connectivity index (χ4v) is 6.41. The Labute approximate surface area is 390 Å². The van der Waals surface area contributed by atoms with E-state index in [0.29, 0.717) is 22.3 Å². The molecule has 8 nitrogen and oxygen atoms in total. The third-order valence-electron chi connectivity index (χ3n) is 9.30. The summed E-state index contributed by atoms with van der Waals surface area (Å²) in [5.41, 5.74) is 9.49. The van der Waals surface area contributed by atoms with Crippen molar-refractivity contribution in [1.29, 1.82) is 0 Å². The minimum atomic E-state index is -1.43. The third kappa shape index (κ3) is 15.0. The van der Waals surface area contributed by atoms with Crippen LogP contribution in [0, 0.1) is 0 Å². The summed E-state index contributed by atoms with van der Waals surface area (Å²) in [5, 5.41) is 73.8. The van der Waals surface area contributed by atoms with E-state index in [-0.39, 0.29) is 42.1 Å². The minimum Gasteiger partial charge on any atom is -0.364 e. The van der Waals surface area contributed by atoms with E-state index in [1.165, 1.54) is 0 Å². The zero-order valence-corrected chi connectivity index (χ0v) is 37.5. The zero-order valence-electron chi connectivity index (χ0n) is 33.5. The fraction of sp³-hybridized carbons (Fsp3) is 0.0769. The van der Waals surface area contributed by atoms with Gasteiger partial charge in [-0.2, -0.15) is 0 Å². The van der Waals surface area contributed by atoms with Crippen molar-refractivity contribution in [3.8, 4) is 44.5 Å². The molecule has 0 aliphatic heterocycles. The quantitative estimate of drug-likeness (QED) is 0.0552. The Balaban J connectivity index is 0.000000218. The molecule has 8 aromatic rings. The number of aliphatic hydroxyl groups excluding tert-OH is 4. The first-order valence-electron chi connectivity index (χ1n) is 19.2. The molecular formula is C52H48Mo2O8. The second kappa shape index (κ2) is 27.0. The van der Waals surface area contributed by atoms with Crippen LogP contribution in [0.25, 0.3) is 44.5 Å². The van der Waals surface area contributed by atoms with E-state index in [4.69, 9.17) is 0 Å². The minimum absolute atomic E-state index is 0. The molecule has 0 saturated carbocycles. The van der Waals surface area contributed by atoms with Crippen molar-refractivity contribution >= 4 is 0 Å². The molecule has 0 aliphatic rings. The molecule has 8 rings (SSSR count). The maximum atomic E-state index is 9.22. The number of rotatable bonds is 8. The van der Waals surface area contributed by atoms with E-state index in [1.54, 1.807) is 48.5 Å². The first-order valence-corrected chi connectivity index (χ1v) is 19.2. The van der Waals surface area contributed by atoms with Crippen LogP contribution in [0.2, 0.25) is 0 Å². The van der Waals surface area contributed by atoms with Crippen LogP contribution in [0.1, 0.15) is 47.4 Å². The molecular weight excluding hydrogens is 944 g/mol. The molecule has 8 N–H and O–H groups in total. The zero-order chi connectivity index (χ0) is 42.7. The van der Waals surface area contributed by atoms with Crippen LogP contribution < -0.4 is 0 Å². The van der Waals surface area contributed by atoms with Gasteiger partial charge in [0.2, 0.25) is 0 Å². The Hall–Kier alpha value is -5.18. The van der Waals surface area contributed by atoms with Crippen molar-refractivity contribution < 1.29 is 83.0 Å². The van der Waals surface area contributed by atoms with Crippen molar-refractivity contribution in [1.82, 2.24) is 0 Å². The molecule has 0 saturated heterocycles. The number of aliphatic hydroxyl groups is 8. The Morgan fingerprint density at radius 1 is 0.194 bits per heavy atom. The van der Waals surface area contributed by atoms with Gasteiger partial charge in [-0.15, -0.1) is 0 Å². The maximum absolute atomic E-state index is 9.22. The maximum Gasteiger partial charge on any atom is 0.179 e. The average Bonchev–Trinajstić information content (AvgIpc) is 3.30. The van der Waals surface area contributed by atoms with Gasteiger partial charge in [0, 0.05) is 64.4 Å². The molecule has 0 aliphatic carbocycles. The van der Waals surface area contributed by atoms with Crippen LogP contribution in [0.4, 0.5) is 0 Å². The average molecular weight is 993 g/mol. The molecule has 0 radical (unpaired) electrons. The van der Waals surface area contributed by atoms with Crippen molar-refractivity contribution in [2.75, 3.05) is 0 Å². The van der Waals surface area contributed by atoms with Gasteiger partial charge >= 0.3 is 0 Å². The van der Waals surface area contributed by atoms with Crippen LogP contribution >= 0.6 is 0 Å². The van der Waals surface area contributed by atoms with Crippen molar-refractivity contribution in [2.45, 2.75) is 25.2 Å². The van der Waals surface area contributed by atoms with Crippen molar-refractivity contribution in [3.05, 3.63) is 241 Å². The van der Waals surface area contributed by atoms with Gasteiger partial charge in [-0.25, -0.2) is 0 Å². The van der Waals surface area contributed by atoms with Gasteiger partial charge in [0.05, 0.1) is 0 Å². The summed E-state index contributed by atoms with van der Waals surface area (Å²) in [6.07, 6.45) is -5.72. The number of hydrogen-bond donors (Lipinski definition) is 8. The van der Waals surface area contributed by atoms with Gasteiger partial charge in [0.25, 0.3) is 0 Å². The normalized spacial score (nSPS) is 10.3. The first-order chi connectivity index (χ1) is 29.2. The molecule has 0 bridgehead atoms. The molecule has 0 heterocycles. The first kappa shape index (κ1) is 51.2. The molecule has 0 aromatic heterocycles. The van der Waals surface area contributed by atoms with Gasteiger partial charge in [0.15, 0.2) is 25.2 Å². The summed E-state index contributed by atoms with van der Waals surface area (Å²) in [6, 6.07) is 67.8. The Morgan fingerprint density at radius 3 is 0.500 bits per heavy atom. The Morgan fingerprint density at radius 2 is 0.339 bits per heavy atom. The van der Waals surface area contributed by atoms with Crippen LogP contribution in [0.15, 0.2) is 218 Å². The van der Waals surface area contributed by atoms with Crippen LogP contribution in [0.3, 0.4) is 0 Å². The summed E-state index contributed by atoms with van der Waals surface area (Å²) in [7, 11) is 0. The van der Waals surface area contributed by atoms with Gasteiger partial charge in [-0.05, 0) is 44.5 Å². The monoisotopic (exact) mass is 996 g/mol. The van der Waals surface area contributed by atoms with Gasteiger partial charge in [-0.3, -0.25) is 0 Å². The SMILES string of the molecule is OC(O)c1ccccc1-c1ccccc1.OC(O)c1ccccc1-c1ccccc1.OC(O)c1ccccc1-c1ccccc1.OC(O)c1ccccc1-c1ccccc1.[Mo].[Mo]. The van der Waals surface area contributed by atoms with Gasteiger partial charge < -0.3 is 40.9 Å². The number of hydrogen-bond acceptors (Lipinski definition) is 8. The second-order valence-corrected chi connectivity index (χ2v) is 13.3. The predicted molar refractivity (Wildman–Crippen MR) is 236 cm³/mol. The van der Waals surface area contributed by atoms with E-state index < -0.39 is 25.2 Å². The van der Waals surface area contributed by atoms with Gasteiger partial charge in [-0.1, -0.05) is 218 Å². The molecule has 0 spiro atoms. The topological polar surface area (TPSA) is 162 Å². The molecule has 0 amide bonds. The molecule has 0 unspecified atom stereocenters. The summed E-state index contributed by atoms with van der Waals surface area (Å²) in [6.45, 7) is 0. The fourth-order valence-electron chi connectivity index (χ4n) is 6.41. The smallest absolute Gasteiger partial charge is 0.179 e. The van der Waals surface area contributed by atoms with Crippen LogP contribution in [-0.4, -0.2) is 40.9 Å².